The Kier molecular flexibility index (Phi) is 3.93. The Balaban J connectivity index is 2.44. The first kappa shape index (κ1) is 13.8. The van der Waals surface area contributed by atoms with Crippen molar-refractivity contribution in [3.8, 4) is 0 Å². The van der Waals surface area contributed by atoms with Crippen LogP contribution in [0.4, 0.5) is 5.69 Å². The van der Waals surface area contributed by atoms with Crippen molar-refractivity contribution in [2.24, 2.45) is 5.73 Å². The summed E-state index contributed by atoms with van der Waals surface area (Å²) < 4.78 is 0. The van der Waals surface area contributed by atoms with Gasteiger partial charge in [0.05, 0.1) is 5.69 Å². The molecule has 1 atom stereocenters. The minimum Gasteiger partial charge on any atom is -0.370 e. The van der Waals surface area contributed by atoms with E-state index < -0.39 is 0 Å². The molecule has 100 valence electrons. The van der Waals surface area contributed by atoms with Crippen LogP contribution in [0.25, 0.3) is 0 Å². The van der Waals surface area contributed by atoms with Gasteiger partial charge >= 0.3 is 0 Å². The van der Waals surface area contributed by atoms with E-state index in [0.29, 0.717) is 6.04 Å². The molecule has 0 bridgehead atoms. The Morgan fingerprint density at radius 2 is 2.11 bits per heavy atom. The molecule has 1 aliphatic rings. The first-order valence-corrected chi connectivity index (χ1v) is 7.63. The van der Waals surface area contributed by atoms with E-state index in [2.05, 4.69) is 50.9 Å². The van der Waals surface area contributed by atoms with E-state index in [9.17, 15) is 0 Å². The fraction of sp³-hybridized carbons (Fsp3) is 0.600. The van der Waals surface area contributed by atoms with Gasteiger partial charge in [0, 0.05) is 23.7 Å². The van der Waals surface area contributed by atoms with E-state index in [-0.39, 0.29) is 5.41 Å². The first-order chi connectivity index (χ1) is 8.45. The Hall–Kier alpha value is -0.670. The van der Waals surface area contributed by atoms with Crippen molar-refractivity contribution in [1.29, 1.82) is 0 Å². The maximum Gasteiger partial charge on any atom is 0.0542 e. The highest BCUT2D eigenvalue weighted by molar-refractivity contribution is 7.99. The second-order valence-corrected chi connectivity index (χ2v) is 7.12. The molecule has 0 saturated carbocycles. The van der Waals surface area contributed by atoms with Gasteiger partial charge in [-0.25, -0.2) is 0 Å². The molecule has 3 heteroatoms. The number of para-hydroxylation sites is 1. The molecule has 1 unspecified atom stereocenters. The monoisotopic (exact) mass is 264 g/mol. The number of nitrogens with two attached hydrogens (primary N) is 1. The zero-order chi connectivity index (χ0) is 13.3. The van der Waals surface area contributed by atoms with Gasteiger partial charge in [-0.05, 0) is 30.0 Å². The Morgan fingerprint density at radius 1 is 1.39 bits per heavy atom. The molecule has 2 nitrogen and oxygen atoms in total. The maximum absolute atomic E-state index is 5.73. The van der Waals surface area contributed by atoms with E-state index >= 15 is 0 Å². The minimum absolute atomic E-state index is 0.185. The molecule has 0 fully saturated rings. The van der Waals surface area contributed by atoms with Crippen LogP contribution in [0.5, 0.6) is 0 Å². The summed E-state index contributed by atoms with van der Waals surface area (Å²) in [6.45, 7) is 7.62. The number of hydrogen-bond acceptors (Lipinski definition) is 3. The second kappa shape index (κ2) is 5.14. The molecule has 2 rings (SSSR count). The molecule has 1 aromatic rings. The van der Waals surface area contributed by atoms with E-state index in [1.807, 2.05) is 11.8 Å². The van der Waals surface area contributed by atoms with Crippen LogP contribution < -0.4 is 10.6 Å². The number of fused-ring (bicyclic) bond motifs is 1. The third-order valence-electron chi connectivity index (χ3n) is 3.64. The highest BCUT2D eigenvalue weighted by Gasteiger charge is 2.29. The Bertz CT molecular complexity index is 423. The van der Waals surface area contributed by atoms with E-state index in [4.69, 9.17) is 5.73 Å². The van der Waals surface area contributed by atoms with Crippen LogP contribution in [0, 0.1) is 0 Å². The fourth-order valence-corrected chi connectivity index (χ4v) is 3.89. The number of anilines is 1. The van der Waals surface area contributed by atoms with Crippen LogP contribution >= 0.6 is 11.8 Å². The van der Waals surface area contributed by atoms with Crippen molar-refractivity contribution in [2.45, 2.75) is 43.5 Å². The normalized spacial score (nSPS) is 19.8. The van der Waals surface area contributed by atoms with E-state index in [1.165, 1.54) is 16.1 Å². The van der Waals surface area contributed by atoms with Crippen molar-refractivity contribution < 1.29 is 0 Å². The lowest BCUT2D eigenvalue weighted by Crippen LogP contribution is -2.39. The zero-order valence-electron chi connectivity index (χ0n) is 11.9. The summed E-state index contributed by atoms with van der Waals surface area (Å²) in [5.41, 5.74) is 8.77. The quantitative estimate of drug-likeness (QED) is 0.889. The molecule has 1 heterocycles. The van der Waals surface area contributed by atoms with Crippen LogP contribution in [-0.4, -0.2) is 25.4 Å². The number of nitrogens with zero attached hydrogens (tertiary/aromatic N) is 1. The predicted octanol–water partition coefficient (Wildman–Crippen LogP) is 3.24. The van der Waals surface area contributed by atoms with Crippen molar-refractivity contribution in [3.05, 3.63) is 23.8 Å². The average molecular weight is 264 g/mol. The summed E-state index contributed by atoms with van der Waals surface area (Å²) in [5.74, 6) is 1.15. The molecule has 0 spiro atoms. The zero-order valence-corrected chi connectivity index (χ0v) is 12.7. The van der Waals surface area contributed by atoms with Gasteiger partial charge in [-0.1, -0.05) is 32.9 Å². The lowest BCUT2D eigenvalue weighted by molar-refractivity contribution is 0.573. The van der Waals surface area contributed by atoms with Crippen molar-refractivity contribution >= 4 is 17.4 Å². The molecule has 2 N–H and O–H groups in total. The van der Waals surface area contributed by atoms with Crippen LogP contribution in [0.3, 0.4) is 0 Å². The molecule has 0 saturated heterocycles. The van der Waals surface area contributed by atoms with Crippen LogP contribution in [0.1, 0.15) is 32.8 Å². The summed E-state index contributed by atoms with van der Waals surface area (Å²) in [6, 6.07) is 7.25. The average Bonchev–Trinajstić information content (AvgIpc) is 2.31. The van der Waals surface area contributed by atoms with Gasteiger partial charge in [0.25, 0.3) is 0 Å². The second-order valence-electron chi connectivity index (χ2n) is 6.06. The summed E-state index contributed by atoms with van der Waals surface area (Å²) in [7, 11) is 2.22. The summed E-state index contributed by atoms with van der Waals surface area (Å²) in [4.78, 5) is 3.86. The predicted molar refractivity (Wildman–Crippen MR) is 81.7 cm³/mol. The van der Waals surface area contributed by atoms with Crippen LogP contribution in [-0.2, 0) is 5.41 Å². The first-order valence-electron chi connectivity index (χ1n) is 6.64. The van der Waals surface area contributed by atoms with E-state index in [1.54, 1.807) is 0 Å². The number of hydrogen-bond donors (Lipinski definition) is 1. The van der Waals surface area contributed by atoms with Crippen molar-refractivity contribution in [1.82, 2.24) is 0 Å². The van der Waals surface area contributed by atoms with Gasteiger partial charge in [0.2, 0.25) is 0 Å². The number of thioether (sulfide) groups is 1. The largest absolute Gasteiger partial charge is 0.370 e. The van der Waals surface area contributed by atoms with Crippen LogP contribution in [0.2, 0.25) is 0 Å². The Morgan fingerprint density at radius 3 is 2.72 bits per heavy atom. The molecule has 0 radical (unpaired) electrons. The molecule has 0 amide bonds. The van der Waals surface area contributed by atoms with Crippen LogP contribution in [0.15, 0.2) is 23.1 Å². The molecule has 18 heavy (non-hydrogen) atoms. The number of benzene rings is 1. The van der Waals surface area contributed by atoms with Crippen molar-refractivity contribution in [3.63, 3.8) is 0 Å². The van der Waals surface area contributed by atoms with Gasteiger partial charge in [-0.15, -0.1) is 11.8 Å². The molecular formula is C15H24N2S. The number of rotatable bonds is 2. The van der Waals surface area contributed by atoms with Gasteiger partial charge < -0.3 is 10.6 Å². The smallest absolute Gasteiger partial charge is 0.0542 e. The fourth-order valence-electron chi connectivity index (χ4n) is 2.56. The SMILES string of the molecule is CN1c2c(cccc2C(C)(C)C)SCC1CCN. The maximum atomic E-state index is 5.73. The van der Waals surface area contributed by atoms with Gasteiger partial charge in [-0.2, -0.15) is 0 Å². The van der Waals surface area contributed by atoms with Crippen molar-refractivity contribution in [2.75, 3.05) is 24.2 Å². The van der Waals surface area contributed by atoms with Gasteiger partial charge in [-0.3, -0.25) is 0 Å². The minimum atomic E-state index is 0.185. The molecular weight excluding hydrogens is 240 g/mol. The summed E-state index contributed by atoms with van der Waals surface area (Å²) in [5, 5.41) is 0. The molecule has 1 aromatic carbocycles. The third-order valence-corrected chi connectivity index (χ3v) is 4.83. The Labute approximate surface area is 115 Å². The highest BCUT2D eigenvalue weighted by Crippen LogP contribution is 2.43. The molecule has 0 aliphatic carbocycles. The summed E-state index contributed by atoms with van der Waals surface area (Å²) >= 11 is 1.97. The standard InChI is InChI=1S/C15H24N2S/c1-15(2,3)12-6-5-7-13-14(12)17(4)11(8-9-16)10-18-13/h5-7,11H,8-10,16H2,1-4H3. The lowest BCUT2D eigenvalue weighted by Gasteiger charge is -2.39. The highest BCUT2D eigenvalue weighted by atomic mass is 32.2. The van der Waals surface area contributed by atoms with E-state index in [0.717, 1.165) is 18.7 Å². The molecule has 0 aromatic heterocycles. The van der Waals surface area contributed by atoms with Gasteiger partial charge in [0.15, 0.2) is 0 Å². The molecule has 1 aliphatic heterocycles. The summed E-state index contributed by atoms with van der Waals surface area (Å²) in [6.07, 6.45) is 1.07. The third kappa shape index (κ3) is 2.52. The van der Waals surface area contributed by atoms with Gasteiger partial charge in [0.1, 0.15) is 0 Å². The topological polar surface area (TPSA) is 29.3 Å². The lowest BCUT2D eigenvalue weighted by atomic mass is 9.85.